The molecule has 1 fully saturated rings. The van der Waals surface area contributed by atoms with Gasteiger partial charge in [0.05, 0.1) is 11.6 Å². The van der Waals surface area contributed by atoms with Crippen LogP contribution in [0.2, 0.25) is 5.28 Å². The lowest BCUT2D eigenvalue weighted by Crippen LogP contribution is -2.33. The molecule has 1 aromatic carbocycles. The quantitative estimate of drug-likeness (QED) is 0.411. The van der Waals surface area contributed by atoms with Crippen LogP contribution in [0.3, 0.4) is 0 Å². The number of hydrogen-bond acceptors (Lipinski definition) is 5. The molecule has 2 N–H and O–H groups in total. The van der Waals surface area contributed by atoms with E-state index >= 15 is 0 Å². The molecule has 8 heteroatoms. The number of hydrogen-bond donors (Lipinski definition) is 2. The predicted molar refractivity (Wildman–Crippen MR) is 133 cm³/mol. The van der Waals surface area contributed by atoms with Gasteiger partial charge >= 0.3 is 0 Å². The monoisotopic (exact) mass is 476 g/mol. The predicted octanol–water partition coefficient (Wildman–Crippen LogP) is 5.25. The van der Waals surface area contributed by atoms with Crippen LogP contribution in [0.25, 0.3) is 5.82 Å². The SMILES string of the molecule is N#Cc1ccc(CNC(=O)CC(CC2CCCCC2)Nc2cc(-n3cccc3)nc(Cl)n2)cc1. The fourth-order valence-electron chi connectivity index (χ4n) is 4.52. The van der Waals surface area contributed by atoms with Crippen LogP contribution in [0.4, 0.5) is 5.82 Å². The maximum absolute atomic E-state index is 12.8. The van der Waals surface area contributed by atoms with E-state index in [4.69, 9.17) is 16.9 Å². The molecule has 2 heterocycles. The standard InChI is InChI=1S/C26H29ClN6O/c27-26-31-23(16-24(32-26)33-12-4-5-13-33)30-22(14-19-6-2-1-3-7-19)15-25(34)29-18-21-10-8-20(17-28)9-11-21/h4-5,8-13,16,19,22H,1-3,6-7,14-15,18H2,(H,29,34)(H,30,31,32). The van der Waals surface area contributed by atoms with E-state index in [0.29, 0.717) is 36.1 Å². The zero-order chi connectivity index (χ0) is 23.8. The molecule has 2 aromatic heterocycles. The number of carbonyl (C=O) groups is 1. The van der Waals surface area contributed by atoms with Crippen LogP contribution in [0.15, 0.2) is 54.9 Å². The Hall–Kier alpha value is -3.37. The number of nitrogens with zero attached hydrogens (tertiary/aromatic N) is 4. The summed E-state index contributed by atoms with van der Waals surface area (Å²) in [6, 6.07) is 15.0. The van der Waals surface area contributed by atoms with Crippen LogP contribution in [0.5, 0.6) is 0 Å². The fourth-order valence-corrected chi connectivity index (χ4v) is 4.70. The first-order chi connectivity index (χ1) is 16.6. The highest BCUT2D eigenvalue weighted by Crippen LogP contribution is 2.29. The van der Waals surface area contributed by atoms with Gasteiger partial charge in [-0.1, -0.05) is 44.2 Å². The first kappa shape index (κ1) is 23.8. The Labute approximate surface area is 205 Å². The third kappa shape index (κ3) is 6.82. The molecule has 0 saturated heterocycles. The largest absolute Gasteiger partial charge is 0.367 e. The minimum Gasteiger partial charge on any atom is -0.367 e. The highest BCUT2D eigenvalue weighted by atomic mass is 35.5. The molecule has 1 atom stereocenters. The van der Waals surface area contributed by atoms with E-state index in [9.17, 15) is 4.79 Å². The number of halogens is 1. The van der Waals surface area contributed by atoms with Gasteiger partial charge in [0.15, 0.2) is 0 Å². The van der Waals surface area contributed by atoms with Crippen molar-refractivity contribution >= 4 is 23.3 Å². The van der Waals surface area contributed by atoms with Crippen LogP contribution >= 0.6 is 11.6 Å². The van der Waals surface area contributed by atoms with E-state index in [1.807, 2.05) is 47.3 Å². The van der Waals surface area contributed by atoms with Gasteiger partial charge in [0.1, 0.15) is 11.6 Å². The second kappa shape index (κ2) is 11.7. The van der Waals surface area contributed by atoms with Crippen molar-refractivity contribution in [1.82, 2.24) is 19.9 Å². The van der Waals surface area contributed by atoms with Gasteiger partial charge in [-0.05, 0) is 53.8 Å². The Morgan fingerprint density at radius 1 is 1.15 bits per heavy atom. The molecule has 0 spiro atoms. The number of amides is 1. The summed E-state index contributed by atoms with van der Waals surface area (Å²) in [5, 5.41) is 15.6. The van der Waals surface area contributed by atoms with Crippen molar-refractivity contribution in [3.05, 3.63) is 71.3 Å². The molecule has 1 saturated carbocycles. The Morgan fingerprint density at radius 2 is 1.88 bits per heavy atom. The van der Waals surface area contributed by atoms with Gasteiger partial charge in [-0.3, -0.25) is 4.79 Å². The summed E-state index contributed by atoms with van der Waals surface area (Å²) < 4.78 is 1.87. The lowest BCUT2D eigenvalue weighted by molar-refractivity contribution is -0.121. The highest BCUT2D eigenvalue weighted by Gasteiger charge is 2.22. The van der Waals surface area contributed by atoms with Crippen molar-refractivity contribution in [2.45, 2.75) is 57.5 Å². The fraction of sp³-hybridized carbons (Fsp3) is 0.385. The first-order valence-electron chi connectivity index (χ1n) is 11.8. The number of nitriles is 1. The van der Waals surface area contributed by atoms with Crippen molar-refractivity contribution in [2.75, 3.05) is 5.32 Å². The summed E-state index contributed by atoms with van der Waals surface area (Å²) in [6.07, 6.45) is 11.2. The van der Waals surface area contributed by atoms with Crippen LogP contribution < -0.4 is 10.6 Å². The number of nitrogens with one attached hydrogen (secondary N) is 2. The summed E-state index contributed by atoms with van der Waals surface area (Å²) in [5.74, 6) is 1.86. The Bertz CT molecular complexity index is 1120. The molecular weight excluding hydrogens is 448 g/mol. The lowest BCUT2D eigenvalue weighted by atomic mass is 9.84. The van der Waals surface area contributed by atoms with Crippen molar-refractivity contribution in [3.63, 3.8) is 0 Å². The van der Waals surface area contributed by atoms with Gasteiger partial charge in [-0.15, -0.1) is 0 Å². The van der Waals surface area contributed by atoms with E-state index in [0.717, 1.165) is 12.0 Å². The number of carbonyl (C=O) groups excluding carboxylic acids is 1. The lowest BCUT2D eigenvalue weighted by Gasteiger charge is -2.27. The maximum Gasteiger partial charge on any atom is 0.226 e. The van der Waals surface area contributed by atoms with Crippen LogP contribution in [0, 0.1) is 17.2 Å². The normalized spacial score (nSPS) is 14.8. The second-order valence-corrected chi connectivity index (χ2v) is 9.18. The average molecular weight is 477 g/mol. The molecule has 176 valence electrons. The second-order valence-electron chi connectivity index (χ2n) is 8.84. The number of aromatic nitrogens is 3. The van der Waals surface area contributed by atoms with Crippen molar-refractivity contribution in [3.8, 4) is 11.9 Å². The Balaban J connectivity index is 1.43. The molecule has 4 rings (SSSR count). The molecular formula is C26H29ClN6O. The molecule has 1 aliphatic rings. The van der Waals surface area contributed by atoms with Gasteiger partial charge in [0.2, 0.25) is 11.2 Å². The molecule has 7 nitrogen and oxygen atoms in total. The molecule has 1 amide bonds. The third-order valence-corrected chi connectivity index (χ3v) is 6.42. The highest BCUT2D eigenvalue weighted by molar-refractivity contribution is 6.28. The number of benzene rings is 1. The zero-order valence-corrected chi connectivity index (χ0v) is 19.8. The van der Waals surface area contributed by atoms with Crippen molar-refractivity contribution in [2.24, 2.45) is 5.92 Å². The summed E-state index contributed by atoms with van der Waals surface area (Å²) in [5.41, 5.74) is 1.57. The summed E-state index contributed by atoms with van der Waals surface area (Å²) in [6.45, 7) is 0.428. The third-order valence-electron chi connectivity index (χ3n) is 6.25. The van der Waals surface area contributed by atoms with E-state index in [2.05, 4.69) is 26.7 Å². The minimum absolute atomic E-state index is 0.0246. The van der Waals surface area contributed by atoms with E-state index < -0.39 is 0 Å². The molecule has 0 radical (unpaired) electrons. The van der Waals surface area contributed by atoms with Gasteiger partial charge in [-0.25, -0.2) is 4.98 Å². The zero-order valence-electron chi connectivity index (χ0n) is 19.1. The van der Waals surface area contributed by atoms with Crippen LogP contribution in [0.1, 0.15) is 56.1 Å². The first-order valence-corrected chi connectivity index (χ1v) is 12.2. The van der Waals surface area contributed by atoms with E-state index in [1.165, 1.54) is 32.1 Å². The average Bonchev–Trinajstić information content (AvgIpc) is 3.38. The summed E-state index contributed by atoms with van der Waals surface area (Å²) >= 11 is 6.21. The van der Waals surface area contributed by atoms with Crippen LogP contribution in [-0.2, 0) is 11.3 Å². The Kier molecular flexibility index (Phi) is 8.16. The molecule has 3 aromatic rings. The molecule has 34 heavy (non-hydrogen) atoms. The molecule has 0 aliphatic heterocycles. The van der Waals surface area contributed by atoms with Gasteiger partial charge in [0.25, 0.3) is 0 Å². The van der Waals surface area contributed by atoms with Gasteiger partial charge in [0, 0.05) is 37.5 Å². The molecule has 1 unspecified atom stereocenters. The summed E-state index contributed by atoms with van der Waals surface area (Å²) in [4.78, 5) is 21.5. The molecule has 1 aliphatic carbocycles. The van der Waals surface area contributed by atoms with E-state index in [-0.39, 0.29) is 17.2 Å². The smallest absolute Gasteiger partial charge is 0.226 e. The van der Waals surface area contributed by atoms with E-state index in [1.54, 1.807) is 12.1 Å². The maximum atomic E-state index is 12.8. The van der Waals surface area contributed by atoms with Crippen molar-refractivity contribution in [1.29, 1.82) is 5.26 Å². The van der Waals surface area contributed by atoms with Crippen LogP contribution in [-0.4, -0.2) is 26.5 Å². The topological polar surface area (TPSA) is 95.6 Å². The number of anilines is 1. The summed E-state index contributed by atoms with van der Waals surface area (Å²) in [7, 11) is 0. The van der Waals surface area contributed by atoms with Gasteiger partial charge < -0.3 is 15.2 Å². The number of rotatable bonds is 9. The Morgan fingerprint density at radius 3 is 2.59 bits per heavy atom. The van der Waals surface area contributed by atoms with Gasteiger partial charge in [-0.2, -0.15) is 10.2 Å². The molecule has 0 bridgehead atoms. The van der Waals surface area contributed by atoms with Crippen molar-refractivity contribution < 1.29 is 4.79 Å². The minimum atomic E-state index is -0.0625.